The molecule has 2 rings (SSSR count). The minimum absolute atomic E-state index is 0.174. The molecule has 2 aromatic carbocycles. The van der Waals surface area contributed by atoms with Crippen molar-refractivity contribution in [1.82, 2.24) is 0 Å². The second-order valence-corrected chi connectivity index (χ2v) is 5.26. The molecule has 0 aliphatic carbocycles. The van der Waals surface area contributed by atoms with Gasteiger partial charge in [-0.25, -0.2) is 4.39 Å². The molecule has 0 aliphatic heterocycles. The third kappa shape index (κ3) is 3.10. The fourth-order valence-electron chi connectivity index (χ4n) is 1.72. The third-order valence-electron chi connectivity index (χ3n) is 2.89. The van der Waals surface area contributed by atoms with E-state index in [1.165, 1.54) is 17.2 Å². The van der Waals surface area contributed by atoms with Crippen LogP contribution in [0.3, 0.4) is 0 Å². The van der Waals surface area contributed by atoms with Crippen LogP contribution in [0.4, 0.5) is 10.1 Å². The molecule has 94 valence electrons. The van der Waals surface area contributed by atoms with E-state index in [9.17, 15) is 4.39 Å². The highest BCUT2D eigenvalue weighted by molar-refractivity contribution is 9.10. The van der Waals surface area contributed by atoms with Crippen LogP contribution in [-0.2, 0) is 6.54 Å². The van der Waals surface area contributed by atoms with Crippen LogP contribution in [0.1, 0.15) is 16.7 Å². The number of nitrogens with one attached hydrogen (secondary N) is 1. The summed E-state index contributed by atoms with van der Waals surface area (Å²) >= 11 is 3.47. The van der Waals surface area contributed by atoms with Gasteiger partial charge in [-0.3, -0.25) is 0 Å². The van der Waals surface area contributed by atoms with E-state index in [4.69, 9.17) is 0 Å². The minimum atomic E-state index is -0.174. The van der Waals surface area contributed by atoms with E-state index in [1.807, 2.05) is 12.1 Å². The van der Waals surface area contributed by atoms with Crippen LogP contribution in [0.2, 0.25) is 0 Å². The fraction of sp³-hybridized carbons (Fsp3) is 0.200. The molecule has 1 nitrogen and oxygen atoms in total. The van der Waals surface area contributed by atoms with Crippen molar-refractivity contribution in [3.63, 3.8) is 0 Å². The van der Waals surface area contributed by atoms with E-state index in [0.29, 0.717) is 12.1 Å². The molecule has 18 heavy (non-hydrogen) atoms. The van der Waals surface area contributed by atoms with Crippen LogP contribution in [0.5, 0.6) is 0 Å². The molecule has 3 heteroatoms. The average Bonchev–Trinajstić information content (AvgIpc) is 2.35. The molecule has 0 atom stereocenters. The Kier molecular flexibility index (Phi) is 4.02. The van der Waals surface area contributed by atoms with Crippen molar-refractivity contribution in [2.24, 2.45) is 0 Å². The highest BCUT2D eigenvalue weighted by Crippen LogP contribution is 2.19. The first-order valence-corrected chi connectivity index (χ1v) is 6.60. The lowest BCUT2D eigenvalue weighted by Crippen LogP contribution is -2.00. The maximum Gasteiger partial charge on any atom is 0.128 e. The Bertz CT molecular complexity index is 515. The quantitative estimate of drug-likeness (QED) is 0.857. The van der Waals surface area contributed by atoms with E-state index in [2.05, 4.69) is 40.3 Å². The van der Waals surface area contributed by atoms with Crippen molar-refractivity contribution < 1.29 is 4.39 Å². The summed E-state index contributed by atoms with van der Waals surface area (Å²) in [6.45, 7) is 4.51. The first-order valence-electron chi connectivity index (χ1n) is 5.81. The molecule has 1 N–H and O–H groups in total. The minimum Gasteiger partial charge on any atom is -0.381 e. The second kappa shape index (κ2) is 5.53. The number of anilines is 1. The summed E-state index contributed by atoms with van der Waals surface area (Å²) in [6, 6.07) is 11.4. The Morgan fingerprint density at radius 1 is 1.06 bits per heavy atom. The smallest absolute Gasteiger partial charge is 0.128 e. The normalized spacial score (nSPS) is 10.4. The van der Waals surface area contributed by atoms with Crippen molar-refractivity contribution in [1.29, 1.82) is 0 Å². The van der Waals surface area contributed by atoms with Crippen molar-refractivity contribution in [2.45, 2.75) is 20.4 Å². The lowest BCUT2D eigenvalue weighted by Gasteiger charge is -2.09. The van der Waals surface area contributed by atoms with E-state index in [1.54, 1.807) is 13.0 Å². The molecule has 0 amide bonds. The number of hydrogen-bond acceptors (Lipinski definition) is 1. The predicted molar refractivity (Wildman–Crippen MR) is 77.3 cm³/mol. The molecule has 0 fully saturated rings. The lowest BCUT2D eigenvalue weighted by atomic mass is 10.1. The summed E-state index contributed by atoms with van der Waals surface area (Å²) in [7, 11) is 0. The molecule has 2 aromatic rings. The van der Waals surface area contributed by atoms with Crippen LogP contribution < -0.4 is 5.32 Å². The van der Waals surface area contributed by atoms with E-state index in [-0.39, 0.29) is 5.82 Å². The number of halogens is 2. The summed E-state index contributed by atoms with van der Waals surface area (Å²) in [5.41, 5.74) is 3.85. The van der Waals surface area contributed by atoms with Gasteiger partial charge in [-0.15, -0.1) is 0 Å². The molecule has 0 heterocycles. The molecule has 0 aromatic heterocycles. The van der Waals surface area contributed by atoms with Gasteiger partial charge in [-0.1, -0.05) is 34.1 Å². The Morgan fingerprint density at radius 2 is 1.83 bits per heavy atom. The summed E-state index contributed by atoms with van der Waals surface area (Å²) in [5.74, 6) is -0.174. The van der Waals surface area contributed by atoms with Crippen molar-refractivity contribution >= 4 is 21.6 Å². The van der Waals surface area contributed by atoms with Gasteiger partial charge in [0.15, 0.2) is 0 Å². The Morgan fingerprint density at radius 3 is 2.50 bits per heavy atom. The number of benzene rings is 2. The summed E-state index contributed by atoms with van der Waals surface area (Å²) in [5, 5.41) is 3.22. The molecule has 0 spiro atoms. The van der Waals surface area contributed by atoms with Crippen LogP contribution in [0, 0.1) is 19.7 Å². The average molecular weight is 308 g/mol. The van der Waals surface area contributed by atoms with Crippen LogP contribution >= 0.6 is 15.9 Å². The Hall–Kier alpha value is -1.35. The van der Waals surface area contributed by atoms with Gasteiger partial charge in [0.1, 0.15) is 5.82 Å². The Labute approximate surface area is 115 Å². The molecule has 0 radical (unpaired) electrons. The largest absolute Gasteiger partial charge is 0.381 e. The molecule has 0 unspecified atom stereocenters. The zero-order chi connectivity index (χ0) is 13.1. The second-order valence-electron chi connectivity index (χ2n) is 4.40. The number of hydrogen-bond donors (Lipinski definition) is 1. The zero-order valence-corrected chi connectivity index (χ0v) is 12.0. The summed E-state index contributed by atoms with van der Waals surface area (Å²) in [4.78, 5) is 0. The molecule has 0 saturated heterocycles. The molecular formula is C15H15BrFN. The SMILES string of the molecule is Cc1ccc(NCc2ccc(Br)c(C)c2)cc1F. The number of rotatable bonds is 3. The fourth-order valence-corrected chi connectivity index (χ4v) is 1.97. The molecule has 0 saturated carbocycles. The van der Waals surface area contributed by atoms with Crippen LogP contribution in [-0.4, -0.2) is 0 Å². The van der Waals surface area contributed by atoms with Crippen LogP contribution in [0.25, 0.3) is 0 Å². The van der Waals surface area contributed by atoms with Crippen molar-refractivity contribution in [3.8, 4) is 0 Å². The van der Waals surface area contributed by atoms with Gasteiger partial charge < -0.3 is 5.32 Å². The monoisotopic (exact) mass is 307 g/mol. The van der Waals surface area contributed by atoms with E-state index < -0.39 is 0 Å². The first-order chi connectivity index (χ1) is 8.56. The van der Waals surface area contributed by atoms with E-state index >= 15 is 0 Å². The summed E-state index contributed by atoms with van der Waals surface area (Å²) < 4.78 is 14.5. The van der Waals surface area contributed by atoms with Gasteiger partial charge in [0.25, 0.3) is 0 Å². The van der Waals surface area contributed by atoms with Gasteiger partial charge >= 0.3 is 0 Å². The van der Waals surface area contributed by atoms with Gasteiger partial charge in [0.05, 0.1) is 0 Å². The van der Waals surface area contributed by atoms with Gasteiger partial charge in [-0.2, -0.15) is 0 Å². The van der Waals surface area contributed by atoms with Gasteiger partial charge in [0.2, 0.25) is 0 Å². The summed E-state index contributed by atoms with van der Waals surface area (Å²) in [6.07, 6.45) is 0. The van der Waals surface area contributed by atoms with Gasteiger partial charge in [0, 0.05) is 16.7 Å². The molecule has 0 bridgehead atoms. The maximum atomic E-state index is 13.4. The standard InChI is InChI=1S/C15H15BrFN/c1-10-3-5-13(8-15(10)17)18-9-12-4-6-14(16)11(2)7-12/h3-8,18H,9H2,1-2H3. The van der Waals surface area contributed by atoms with Crippen molar-refractivity contribution in [2.75, 3.05) is 5.32 Å². The Balaban J connectivity index is 2.06. The third-order valence-corrected chi connectivity index (χ3v) is 3.78. The first kappa shape index (κ1) is 13.1. The topological polar surface area (TPSA) is 12.0 Å². The lowest BCUT2D eigenvalue weighted by molar-refractivity contribution is 0.619. The molecular weight excluding hydrogens is 293 g/mol. The van der Waals surface area contributed by atoms with Crippen molar-refractivity contribution in [3.05, 3.63) is 63.4 Å². The van der Waals surface area contributed by atoms with E-state index in [0.717, 1.165) is 10.2 Å². The zero-order valence-electron chi connectivity index (χ0n) is 10.4. The van der Waals surface area contributed by atoms with Gasteiger partial charge in [-0.05, 0) is 48.7 Å². The number of aryl methyl sites for hydroxylation is 2. The predicted octanol–water partition coefficient (Wildman–Crippen LogP) is 4.82. The maximum absolute atomic E-state index is 13.4. The molecule has 0 aliphatic rings. The highest BCUT2D eigenvalue weighted by Gasteiger charge is 2.00. The highest BCUT2D eigenvalue weighted by atomic mass is 79.9. The van der Waals surface area contributed by atoms with Crippen LogP contribution in [0.15, 0.2) is 40.9 Å².